The van der Waals surface area contributed by atoms with Crippen molar-refractivity contribution in [3.8, 4) is 17.2 Å². The number of ketones is 1. The molecule has 0 aliphatic carbocycles. The minimum Gasteiger partial charge on any atom is -0.507 e. The fourth-order valence-electron chi connectivity index (χ4n) is 3.76. The lowest BCUT2D eigenvalue weighted by Gasteiger charge is -2.24. The van der Waals surface area contributed by atoms with Crippen LogP contribution in [0.25, 0.3) is 5.76 Å². The highest BCUT2D eigenvalue weighted by molar-refractivity contribution is 6.51. The van der Waals surface area contributed by atoms with Gasteiger partial charge in [0.2, 0.25) is 0 Å². The van der Waals surface area contributed by atoms with Crippen molar-refractivity contribution in [1.29, 1.82) is 0 Å². The Kier molecular flexibility index (Phi) is 6.02. The molecule has 0 radical (unpaired) electrons. The van der Waals surface area contributed by atoms with Crippen LogP contribution in [0.15, 0.2) is 64.8 Å². The van der Waals surface area contributed by atoms with E-state index in [0.717, 1.165) is 0 Å². The summed E-state index contributed by atoms with van der Waals surface area (Å²) in [6.07, 6.45) is 1.42. The van der Waals surface area contributed by atoms with Gasteiger partial charge >= 0.3 is 0 Å². The zero-order valence-corrected chi connectivity index (χ0v) is 18.8. The molecule has 1 aliphatic heterocycles. The van der Waals surface area contributed by atoms with E-state index in [1.54, 1.807) is 42.5 Å². The first-order chi connectivity index (χ1) is 15.9. The van der Waals surface area contributed by atoms with Crippen LogP contribution in [-0.2, 0) is 9.59 Å². The number of ether oxygens (including phenoxy) is 3. The number of halogens is 1. The molecule has 1 aromatic heterocycles. The molecule has 1 atom stereocenters. The van der Waals surface area contributed by atoms with Crippen molar-refractivity contribution in [2.75, 3.05) is 26.2 Å². The van der Waals surface area contributed by atoms with Crippen molar-refractivity contribution in [1.82, 2.24) is 0 Å². The van der Waals surface area contributed by atoms with Crippen LogP contribution in [-0.4, -0.2) is 38.1 Å². The number of carbonyl (C=O) groups is 2. The molecule has 1 saturated heterocycles. The summed E-state index contributed by atoms with van der Waals surface area (Å²) in [7, 11) is 4.37. The molecular formula is C24H20ClNO7. The van der Waals surface area contributed by atoms with Crippen LogP contribution in [0.3, 0.4) is 0 Å². The van der Waals surface area contributed by atoms with Crippen LogP contribution in [0, 0.1) is 0 Å². The summed E-state index contributed by atoms with van der Waals surface area (Å²) in [6, 6.07) is 11.6. The molecule has 4 rings (SSSR count). The van der Waals surface area contributed by atoms with Gasteiger partial charge in [0.25, 0.3) is 11.7 Å². The molecule has 0 saturated carbocycles. The summed E-state index contributed by atoms with van der Waals surface area (Å²) in [4.78, 5) is 27.7. The number of hydrogen-bond donors (Lipinski definition) is 1. The van der Waals surface area contributed by atoms with Gasteiger partial charge in [0.15, 0.2) is 0 Å². The summed E-state index contributed by atoms with van der Waals surface area (Å²) in [5.74, 6) is -0.789. The van der Waals surface area contributed by atoms with Crippen LogP contribution in [0.2, 0.25) is 5.02 Å². The van der Waals surface area contributed by atoms with Gasteiger partial charge in [-0.15, -0.1) is 0 Å². The minimum absolute atomic E-state index is 0.169. The Morgan fingerprint density at radius 3 is 2.27 bits per heavy atom. The third-order valence-corrected chi connectivity index (χ3v) is 5.52. The molecule has 2 aromatic carbocycles. The van der Waals surface area contributed by atoms with Crippen LogP contribution >= 0.6 is 11.6 Å². The van der Waals surface area contributed by atoms with Crippen molar-refractivity contribution < 1.29 is 33.3 Å². The number of carbonyl (C=O) groups excluding carboxylic acids is 2. The molecule has 1 N–H and O–H groups in total. The van der Waals surface area contributed by atoms with Gasteiger partial charge in [-0.3, -0.25) is 14.5 Å². The molecule has 2 heterocycles. The Bertz CT molecular complexity index is 1230. The summed E-state index contributed by atoms with van der Waals surface area (Å²) in [5.41, 5.74) is 0.326. The number of hydrogen-bond acceptors (Lipinski definition) is 7. The molecule has 0 spiro atoms. The maximum Gasteiger partial charge on any atom is 0.300 e. The number of anilines is 1. The number of aliphatic hydroxyl groups excluding tert-OH is 1. The largest absolute Gasteiger partial charge is 0.507 e. The standard InChI is InChI=1S/C24H20ClNO7/c1-30-15-10-14(11-16(12-15)31-2)26-21(19-5-4-8-33-19)20(23(28)24(26)29)22(27)17-9-13(25)6-7-18(17)32-3/h4-12,21,27H,1-3H3/b22-20-. The fourth-order valence-corrected chi connectivity index (χ4v) is 3.93. The number of amides is 1. The average Bonchev–Trinajstić information content (AvgIpc) is 3.45. The SMILES string of the molecule is COc1cc(OC)cc(N2C(=O)C(=O)/C(=C(\O)c3cc(Cl)ccc3OC)C2c2ccco2)c1. The zero-order chi connectivity index (χ0) is 23.7. The van der Waals surface area contributed by atoms with E-state index in [1.165, 1.54) is 38.6 Å². The fraction of sp³-hybridized carbons (Fsp3) is 0.167. The lowest BCUT2D eigenvalue weighted by Crippen LogP contribution is -2.29. The van der Waals surface area contributed by atoms with E-state index in [9.17, 15) is 14.7 Å². The maximum absolute atomic E-state index is 13.2. The highest BCUT2D eigenvalue weighted by Gasteiger charge is 2.48. The molecule has 170 valence electrons. The van der Waals surface area contributed by atoms with Gasteiger partial charge in [-0.25, -0.2) is 0 Å². The highest BCUT2D eigenvalue weighted by atomic mass is 35.5. The predicted molar refractivity (Wildman–Crippen MR) is 121 cm³/mol. The van der Waals surface area contributed by atoms with Crippen LogP contribution in [0.5, 0.6) is 17.2 Å². The third-order valence-electron chi connectivity index (χ3n) is 5.29. The Hall–Kier alpha value is -3.91. The minimum atomic E-state index is -1.06. The first kappa shape index (κ1) is 22.3. The second-order valence-corrected chi connectivity index (χ2v) is 7.54. The molecule has 9 heteroatoms. The summed E-state index contributed by atoms with van der Waals surface area (Å²) < 4.78 is 21.5. The van der Waals surface area contributed by atoms with Crippen LogP contribution in [0.1, 0.15) is 17.4 Å². The molecule has 3 aromatic rings. The van der Waals surface area contributed by atoms with E-state index < -0.39 is 23.5 Å². The Morgan fingerprint density at radius 1 is 1.00 bits per heavy atom. The second kappa shape index (κ2) is 8.91. The smallest absolute Gasteiger partial charge is 0.300 e. The van der Waals surface area contributed by atoms with E-state index in [4.69, 9.17) is 30.2 Å². The zero-order valence-electron chi connectivity index (χ0n) is 18.0. The van der Waals surface area contributed by atoms with E-state index in [-0.39, 0.29) is 22.6 Å². The number of rotatable bonds is 6. The number of Topliss-reactive ketones (excluding diaryl/α,β-unsaturated/α-hetero) is 1. The molecular weight excluding hydrogens is 450 g/mol. The van der Waals surface area contributed by atoms with Gasteiger partial charge in [0.05, 0.1) is 44.4 Å². The number of aliphatic hydroxyl groups is 1. The summed E-state index contributed by atoms with van der Waals surface area (Å²) in [5, 5.41) is 11.5. The van der Waals surface area contributed by atoms with Crippen molar-refractivity contribution in [2.45, 2.75) is 6.04 Å². The molecule has 1 aliphatic rings. The van der Waals surface area contributed by atoms with Gasteiger partial charge in [-0.1, -0.05) is 11.6 Å². The normalized spacial score (nSPS) is 17.3. The van der Waals surface area contributed by atoms with Gasteiger partial charge in [-0.2, -0.15) is 0 Å². The first-order valence-electron chi connectivity index (χ1n) is 9.81. The predicted octanol–water partition coefficient (Wildman–Crippen LogP) is 4.59. The lowest BCUT2D eigenvalue weighted by molar-refractivity contribution is -0.132. The number of nitrogens with zero attached hydrogens (tertiary/aromatic N) is 1. The average molecular weight is 470 g/mol. The Labute approximate surface area is 194 Å². The van der Waals surface area contributed by atoms with E-state index in [1.807, 2.05) is 0 Å². The third kappa shape index (κ3) is 3.89. The van der Waals surface area contributed by atoms with E-state index >= 15 is 0 Å². The van der Waals surface area contributed by atoms with Gasteiger partial charge in [0, 0.05) is 23.2 Å². The van der Waals surface area contributed by atoms with E-state index in [0.29, 0.717) is 22.2 Å². The summed E-state index contributed by atoms with van der Waals surface area (Å²) >= 11 is 6.12. The molecule has 1 unspecified atom stereocenters. The maximum atomic E-state index is 13.2. The van der Waals surface area contributed by atoms with Gasteiger partial charge < -0.3 is 23.7 Å². The van der Waals surface area contributed by atoms with Crippen molar-refractivity contribution in [2.24, 2.45) is 0 Å². The molecule has 33 heavy (non-hydrogen) atoms. The van der Waals surface area contributed by atoms with Gasteiger partial charge in [0.1, 0.15) is 34.8 Å². The molecule has 1 amide bonds. The van der Waals surface area contributed by atoms with Crippen LogP contribution < -0.4 is 19.1 Å². The molecule has 0 bridgehead atoms. The first-order valence-corrected chi connectivity index (χ1v) is 10.2. The van der Waals surface area contributed by atoms with Gasteiger partial charge in [-0.05, 0) is 30.3 Å². The Morgan fingerprint density at radius 2 is 1.70 bits per heavy atom. The number of methoxy groups -OCH3 is 3. The second-order valence-electron chi connectivity index (χ2n) is 7.10. The van der Waals surface area contributed by atoms with Crippen molar-refractivity contribution in [3.05, 3.63) is 76.7 Å². The summed E-state index contributed by atoms with van der Waals surface area (Å²) in [6.45, 7) is 0. The monoisotopic (exact) mass is 469 g/mol. The van der Waals surface area contributed by atoms with Crippen molar-refractivity contribution >= 4 is 34.7 Å². The molecule has 1 fully saturated rings. The Balaban J connectivity index is 1.97. The highest BCUT2D eigenvalue weighted by Crippen LogP contribution is 2.45. The number of furan rings is 1. The number of benzene rings is 2. The van der Waals surface area contributed by atoms with Crippen LogP contribution in [0.4, 0.5) is 5.69 Å². The molecule has 8 nitrogen and oxygen atoms in total. The topological polar surface area (TPSA) is 98.4 Å². The van der Waals surface area contributed by atoms with Crippen molar-refractivity contribution in [3.63, 3.8) is 0 Å². The lowest BCUT2D eigenvalue weighted by atomic mass is 9.98. The van der Waals surface area contributed by atoms with E-state index in [2.05, 4.69) is 0 Å². The quantitative estimate of drug-likeness (QED) is 0.320.